The highest BCUT2D eigenvalue weighted by Gasteiger charge is 2.10. The zero-order valence-electron chi connectivity index (χ0n) is 10.1. The molecule has 9 heteroatoms. The van der Waals surface area contributed by atoms with Gasteiger partial charge in [0, 0.05) is 6.54 Å². The van der Waals surface area contributed by atoms with Crippen molar-refractivity contribution >= 4 is 11.9 Å². The number of hydrogen-bond acceptors (Lipinski definition) is 5. The number of aromatic amines is 1. The van der Waals surface area contributed by atoms with E-state index in [1.54, 1.807) is 12.1 Å². The second kappa shape index (κ2) is 5.95. The van der Waals surface area contributed by atoms with Gasteiger partial charge in [0.25, 0.3) is 5.91 Å². The Hall–Kier alpha value is -2.71. The molecule has 7 nitrogen and oxygen atoms in total. The van der Waals surface area contributed by atoms with Crippen LogP contribution < -0.4 is 15.8 Å². The van der Waals surface area contributed by atoms with Gasteiger partial charge in [-0.05, 0) is 17.7 Å². The van der Waals surface area contributed by atoms with Gasteiger partial charge in [0.2, 0.25) is 11.8 Å². The van der Waals surface area contributed by atoms with E-state index in [1.165, 1.54) is 12.1 Å². The van der Waals surface area contributed by atoms with Crippen molar-refractivity contribution in [1.29, 1.82) is 0 Å². The largest absolute Gasteiger partial charge is 0.435 e. The first-order valence-corrected chi connectivity index (χ1v) is 5.54. The van der Waals surface area contributed by atoms with Crippen molar-refractivity contribution in [2.24, 2.45) is 0 Å². The molecule has 0 spiro atoms. The number of nitrogens with one attached hydrogen (secondary N) is 2. The van der Waals surface area contributed by atoms with E-state index < -0.39 is 12.5 Å². The molecule has 2 rings (SSSR count). The molecule has 106 valence electrons. The average molecular weight is 283 g/mol. The molecule has 0 aliphatic carbocycles. The van der Waals surface area contributed by atoms with Crippen LogP contribution in [0, 0.1) is 0 Å². The number of H-pyrrole nitrogens is 1. The van der Waals surface area contributed by atoms with Crippen LogP contribution in [-0.2, 0) is 6.54 Å². The number of alkyl halides is 2. The van der Waals surface area contributed by atoms with E-state index in [4.69, 9.17) is 5.73 Å². The Balaban J connectivity index is 1.89. The van der Waals surface area contributed by atoms with Crippen LogP contribution in [0.4, 0.5) is 14.7 Å². The highest BCUT2D eigenvalue weighted by atomic mass is 19.3. The highest BCUT2D eigenvalue weighted by Crippen LogP contribution is 2.14. The Kier molecular flexibility index (Phi) is 4.08. The van der Waals surface area contributed by atoms with Crippen molar-refractivity contribution in [2.75, 3.05) is 5.73 Å². The fraction of sp³-hybridized carbons (Fsp3) is 0.182. The normalized spacial score (nSPS) is 10.6. The van der Waals surface area contributed by atoms with E-state index in [0.29, 0.717) is 5.56 Å². The number of benzene rings is 1. The van der Waals surface area contributed by atoms with Gasteiger partial charge in [-0.1, -0.05) is 12.1 Å². The predicted octanol–water partition coefficient (Wildman–Crippen LogP) is 0.918. The molecule has 1 amide bonds. The van der Waals surface area contributed by atoms with E-state index in [1.807, 2.05) is 0 Å². The minimum absolute atomic E-state index is 0.000142. The number of rotatable bonds is 5. The molecule has 0 saturated heterocycles. The number of carbonyl (C=O) groups excluding carboxylic acids is 1. The van der Waals surface area contributed by atoms with Gasteiger partial charge in [-0.3, -0.25) is 9.89 Å². The van der Waals surface area contributed by atoms with Gasteiger partial charge in [-0.25, -0.2) is 0 Å². The molecule has 2 aromatic rings. The third kappa shape index (κ3) is 3.64. The number of nitrogen functional groups attached to an aromatic ring is 1. The summed E-state index contributed by atoms with van der Waals surface area (Å²) in [6.45, 7) is -2.66. The van der Waals surface area contributed by atoms with Crippen LogP contribution in [0.25, 0.3) is 0 Å². The summed E-state index contributed by atoms with van der Waals surface area (Å²) >= 11 is 0. The van der Waals surface area contributed by atoms with Gasteiger partial charge in [0.05, 0.1) is 0 Å². The lowest BCUT2D eigenvalue weighted by Gasteiger charge is -2.06. The van der Waals surface area contributed by atoms with Crippen molar-refractivity contribution in [3.8, 4) is 5.75 Å². The maximum absolute atomic E-state index is 12.0. The second-order valence-corrected chi connectivity index (χ2v) is 3.75. The maximum Gasteiger partial charge on any atom is 0.387 e. The summed E-state index contributed by atoms with van der Waals surface area (Å²) in [5.41, 5.74) is 5.99. The number of anilines is 1. The molecule has 0 atom stereocenters. The third-order valence-corrected chi connectivity index (χ3v) is 2.32. The summed E-state index contributed by atoms with van der Waals surface area (Å²) in [5.74, 6) is -0.441. The maximum atomic E-state index is 12.0. The van der Waals surface area contributed by atoms with Gasteiger partial charge >= 0.3 is 6.61 Å². The zero-order chi connectivity index (χ0) is 14.5. The second-order valence-electron chi connectivity index (χ2n) is 3.75. The minimum Gasteiger partial charge on any atom is -0.435 e. The molecule has 1 aromatic heterocycles. The smallest absolute Gasteiger partial charge is 0.387 e. The predicted molar refractivity (Wildman–Crippen MR) is 65.0 cm³/mol. The van der Waals surface area contributed by atoms with Crippen molar-refractivity contribution in [3.63, 3.8) is 0 Å². The van der Waals surface area contributed by atoms with E-state index in [2.05, 4.69) is 25.2 Å². The molecule has 0 aliphatic rings. The first-order chi connectivity index (χ1) is 9.54. The molecule has 0 bridgehead atoms. The number of aromatic nitrogens is 3. The lowest BCUT2D eigenvalue weighted by Crippen LogP contribution is -2.24. The van der Waals surface area contributed by atoms with Crippen LogP contribution in [-0.4, -0.2) is 27.7 Å². The van der Waals surface area contributed by atoms with Gasteiger partial charge in [0.15, 0.2) is 0 Å². The molecule has 0 saturated carbocycles. The van der Waals surface area contributed by atoms with Crippen molar-refractivity contribution < 1.29 is 18.3 Å². The Morgan fingerprint density at radius 2 is 2.10 bits per heavy atom. The summed E-state index contributed by atoms with van der Waals surface area (Å²) in [5, 5.41) is 8.47. The van der Waals surface area contributed by atoms with Crippen molar-refractivity contribution in [3.05, 3.63) is 35.7 Å². The summed E-state index contributed by atoms with van der Waals surface area (Å²) in [4.78, 5) is 15.3. The summed E-state index contributed by atoms with van der Waals surface area (Å²) < 4.78 is 28.1. The topological polar surface area (TPSA) is 106 Å². The summed E-state index contributed by atoms with van der Waals surface area (Å²) in [6.07, 6.45) is 0. The monoisotopic (exact) mass is 283 g/mol. The number of halogens is 2. The van der Waals surface area contributed by atoms with Crippen molar-refractivity contribution in [2.45, 2.75) is 13.2 Å². The highest BCUT2D eigenvalue weighted by molar-refractivity contribution is 5.90. The number of amides is 1. The number of ether oxygens (including phenoxy) is 1. The number of nitrogens with two attached hydrogens (primary N) is 1. The van der Waals surface area contributed by atoms with Crippen LogP contribution in [0.15, 0.2) is 24.3 Å². The van der Waals surface area contributed by atoms with E-state index in [9.17, 15) is 13.6 Å². The van der Waals surface area contributed by atoms with Crippen molar-refractivity contribution in [1.82, 2.24) is 20.5 Å². The average Bonchev–Trinajstić information content (AvgIpc) is 2.84. The Morgan fingerprint density at radius 1 is 1.40 bits per heavy atom. The molecular weight excluding hydrogens is 272 g/mol. The molecule has 4 N–H and O–H groups in total. The fourth-order valence-electron chi connectivity index (χ4n) is 1.43. The van der Waals surface area contributed by atoms with Crippen LogP contribution in [0.2, 0.25) is 0 Å². The minimum atomic E-state index is -2.86. The summed E-state index contributed by atoms with van der Waals surface area (Å²) in [6, 6.07) is 5.90. The Labute approximate surface area is 112 Å². The van der Waals surface area contributed by atoms with E-state index in [-0.39, 0.29) is 24.1 Å². The molecular formula is C11H11F2N5O2. The van der Waals surface area contributed by atoms with Crippen LogP contribution in [0.3, 0.4) is 0 Å². The van der Waals surface area contributed by atoms with Crippen LogP contribution in [0.5, 0.6) is 5.75 Å². The third-order valence-electron chi connectivity index (χ3n) is 2.32. The SMILES string of the molecule is Nc1n[nH]c(C(=O)NCc2ccc(OC(F)F)cc2)n1. The van der Waals surface area contributed by atoms with Gasteiger partial charge in [-0.2, -0.15) is 13.8 Å². The lowest BCUT2D eigenvalue weighted by molar-refractivity contribution is -0.0498. The first-order valence-electron chi connectivity index (χ1n) is 5.54. The number of hydrogen-bond donors (Lipinski definition) is 3. The zero-order valence-corrected chi connectivity index (χ0v) is 10.1. The van der Waals surface area contributed by atoms with Gasteiger partial charge in [-0.15, -0.1) is 5.10 Å². The first kappa shape index (κ1) is 13.7. The fourth-order valence-corrected chi connectivity index (χ4v) is 1.43. The standard InChI is InChI=1S/C11H11F2N5O2/c12-10(13)20-7-3-1-6(2-4-7)5-15-9(19)8-16-11(14)18-17-8/h1-4,10H,5H2,(H,15,19)(H3,14,16,17,18). The Bertz CT molecular complexity index is 585. The Morgan fingerprint density at radius 3 is 2.65 bits per heavy atom. The molecule has 0 unspecified atom stereocenters. The molecule has 0 fully saturated rings. The van der Waals surface area contributed by atoms with Crippen LogP contribution >= 0.6 is 0 Å². The summed E-state index contributed by atoms with van der Waals surface area (Å²) in [7, 11) is 0. The van der Waals surface area contributed by atoms with Crippen LogP contribution in [0.1, 0.15) is 16.2 Å². The quantitative estimate of drug-likeness (QED) is 0.756. The molecule has 1 heterocycles. The number of carbonyl (C=O) groups is 1. The molecule has 0 aliphatic heterocycles. The van der Waals surface area contributed by atoms with Gasteiger partial charge < -0.3 is 15.8 Å². The van der Waals surface area contributed by atoms with E-state index in [0.717, 1.165) is 0 Å². The van der Waals surface area contributed by atoms with Gasteiger partial charge in [0.1, 0.15) is 5.75 Å². The lowest BCUT2D eigenvalue weighted by atomic mass is 10.2. The molecule has 1 aromatic carbocycles. The molecule has 0 radical (unpaired) electrons. The molecule has 20 heavy (non-hydrogen) atoms. The van der Waals surface area contributed by atoms with E-state index >= 15 is 0 Å². The number of nitrogens with zero attached hydrogens (tertiary/aromatic N) is 2.